The lowest BCUT2D eigenvalue weighted by Gasteiger charge is -2.35. The first kappa shape index (κ1) is 15.8. The number of nitrogens with zero attached hydrogens (tertiary/aromatic N) is 1. The highest BCUT2D eigenvalue weighted by Gasteiger charge is 2.32. The Morgan fingerprint density at radius 1 is 1.38 bits per heavy atom. The first-order valence-corrected chi connectivity index (χ1v) is 7.86. The highest BCUT2D eigenvalue weighted by molar-refractivity contribution is 5.76. The summed E-state index contributed by atoms with van der Waals surface area (Å²) in [6, 6.07) is 7.75. The fraction of sp³-hybridized carbons (Fsp3) is 0.588. The van der Waals surface area contributed by atoms with Crippen molar-refractivity contribution in [2.24, 2.45) is 5.92 Å². The molecule has 1 amide bonds. The quantitative estimate of drug-likeness (QED) is 0.786. The van der Waals surface area contributed by atoms with Crippen LogP contribution in [0.3, 0.4) is 0 Å². The van der Waals surface area contributed by atoms with Crippen LogP contribution < -0.4 is 5.73 Å². The summed E-state index contributed by atoms with van der Waals surface area (Å²) in [5, 5.41) is 0. The van der Waals surface area contributed by atoms with Crippen molar-refractivity contribution in [3.05, 3.63) is 29.8 Å². The van der Waals surface area contributed by atoms with E-state index >= 15 is 0 Å². The van der Waals surface area contributed by atoms with Crippen LogP contribution in [0.1, 0.15) is 38.7 Å². The molecule has 0 aromatic heterocycles. The van der Waals surface area contributed by atoms with Gasteiger partial charge in [0.25, 0.3) is 0 Å². The van der Waals surface area contributed by atoms with Gasteiger partial charge >= 0.3 is 0 Å². The molecule has 21 heavy (non-hydrogen) atoms. The second kappa shape index (κ2) is 7.46. The van der Waals surface area contributed by atoms with E-state index in [1.54, 1.807) is 0 Å². The zero-order valence-electron chi connectivity index (χ0n) is 13.0. The van der Waals surface area contributed by atoms with Crippen LogP contribution in [0.25, 0.3) is 0 Å². The number of carbonyl (C=O) groups is 1. The van der Waals surface area contributed by atoms with Crippen molar-refractivity contribution in [2.45, 2.75) is 45.8 Å². The summed E-state index contributed by atoms with van der Waals surface area (Å²) in [7, 11) is 0. The molecule has 0 spiro atoms. The van der Waals surface area contributed by atoms with E-state index in [-0.39, 0.29) is 5.91 Å². The van der Waals surface area contributed by atoms with Gasteiger partial charge in [0, 0.05) is 31.8 Å². The van der Waals surface area contributed by atoms with Gasteiger partial charge in [0.1, 0.15) is 0 Å². The molecule has 116 valence electrons. The van der Waals surface area contributed by atoms with Crippen LogP contribution in [0.2, 0.25) is 0 Å². The number of amides is 1. The van der Waals surface area contributed by atoms with Crippen molar-refractivity contribution in [3.63, 3.8) is 0 Å². The number of nitrogen functional groups attached to an aromatic ring is 1. The summed E-state index contributed by atoms with van der Waals surface area (Å²) in [6.07, 6.45) is 3.06. The number of hydrogen-bond acceptors (Lipinski definition) is 3. The second-order valence-corrected chi connectivity index (χ2v) is 5.77. The molecular formula is C17H26N2O2. The molecule has 2 N–H and O–H groups in total. The molecule has 1 aliphatic rings. The molecule has 0 aliphatic heterocycles. The van der Waals surface area contributed by atoms with Crippen LogP contribution in [0.5, 0.6) is 0 Å². The van der Waals surface area contributed by atoms with Gasteiger partial charge in [0.15, 0.2) is 0 Å². The first-order valence-electron chi connectivity index (χ1n) is 7.86. The molecule has 0 atom stereocenters. The molecule has 4 nitrogen and oxygen atoms in total. The van der Waals surface area contributed by atoms with Gasteiger partial charge in [-0.15, -0.1) is 0 Å². The molecule has 0 saturated heterocycles. The first-order chi connectivity index (χ1) is 10.1. The Morgan fingerprint density at radius 3 is 2.76 bits per heavy atom. The summed E-state index contributed by atoms with van der Waals surface area (Å²) >= 11 is 0. The molecule has 0 bridgehead atoms. The van der Waals surface area contributed by atoms with Gasteiger partial charge in [0.2, 0.25) is 5.91 Å². The predicted molar refractivity (Wildman–Crippen MR) is 84.7 cm³/mol. The van der Waals surface area contributed by atoms with Crippen LogP contribution >= 0.6 is 0 Å². The number of ether oxygens (including phenoxy) is 1. The van der Waals surface area contributed by atoms with E-state index in [1.165, 1.54) is 0 Å². The summed E-state index contributed by atoms with van der Waals surface area (Å²) < 4.78 is 5.55. The van der Waals surface area contributed by atoms with Crippen LogP contribution in [0.15, 0.2) is 24.3 Å². The monoisotopic (exact) mass is 290 g/mol. The Kier molecular flexibility index (Phi) is 5.62. The smallest absolute Gasteiger partial charge is 0.223 e. The minimum absolute atomic E-state index is 0.236. The maximum Gasteiger partial charge on any atom is 0.223 e. The standard InChI is InChI=1S/C17H26N2O2/c1-3-19(12-13-6-5-7-15(18)8-13)17(20)11-14-9-16(10-14)21-4-2/h5-8,14,16H,3-4,9-12,18H2,1-2H3. The van der Waals surface area contributed by atoms with E-state index in [4.69, 9.17) is 10.5 Å². The number of benzene rings is 1. The van der Waals surface area contributed by atoms with E-state index in [9.17, 15) is 4.79 Å². The van der Waals surface area contributed by atoms with Crippen molar-refractivity contribution < 1.29 is 9.53 Å². The van der Waals surface area contributed by atoms with Crippen molar-refractivity contribution in [2.75, 3.05) is 18.9 Å². The largest absolute Gasteiger partial charge is 0.399 e. The van der Waals surface area contributed by atoms with E-state index < -0.39 is 0 Å². The molecule has 1 aromatic carbocycles. The molecule has 1 aliphatic carbocycles. The van der Waals surface area contributed by atoms with Crippen molar-refractivity contribution in [1.82, 2.24) is 4.90 Å². The SMILES string of the molecule is CCOC1CC(CC(=O)N(CC)Cc2cccc(N)c2)C1. The number of rotatable bonds is 7. The molecule has 1 saturated carbocycles. The Balaban J connectivity index is 1.82. The minimum Gasteiger partial charge on any atom is -0.399 e. The molecule has 2 rings (SSSR count). The molecular weight excluding hydrogens is 264 g/mol. The van der Waals surface area contributed by atoms with Gasteiger partial charge in [0.05, 0.1) is 6.10 Å². The summed E-state index contributed by atoms with van der Waals surface area (Å²) in [6.45, 7) is 6.18. The third-order valence-corrected chi connectivity index (χ3v) is 4.12. The lowest BCUT2D eigenvalue weighted by Crippen LogP contribution is -2.37. The van der Waals surface area contributed by atoms with E-state index in [0.29, 0.717) is 25.0 Å². The zero-order valence-corrected chi connectivity index (χ0v) is 13.0. The molecule has 1 fully saturated rings. The topological polar surface area (TPSA) is 55.6 Å². The third-order valence-electron chi connectivity index (χ3n) is 4.12. The maximum absolute atomic E-state index is 12.4. The predicted octanol–water partition coefficient (Wildman–Crippen LogP) is 2.82. The normalized spacial score (nSPS) is 20.9. The molecule has 0 heterocycles. The number of carbonyl (C=O) groups excluding carboxylic acids is 1. The Labute approximate surface area is 127 Å². The fourth-order valence-corrected chi connectivity index (χ4v) is 2.88. The fourth-order valence-electron chi connectivity index (χ4n) is 2.88. The molecule has 4 heteroatoms. The third kappa shape index (κ3) is 4.46. The van der Waals surface area contributed by atoms with E-state index in [2.05, 4.69) is 0 Å². The second-order valence-electron chi connectivity index (χ2n) is 5.77. The lowest BCUT2D eigenvalue weighted by molar-refractivity contribution is -0.134. The van der Waals surface area contributed by atoms with Crippen LogP contribution in [-0.2, 0) is 16.1 Å². The van der Waals surface area contributed by atoms with Gasteiger partial charge in [-0.25, -0.2) is 0 Å². The average molecular weight is 290 g/mol. The van der Waals surface area contributed by atoms with Crippen molar-refractivity contribution in [3.8, 4) is 0 Å². The number of hydrogen-bond donors (Lipinski definition) is 1. The van der Waals surface area contributed by atoms with Crippen molar-refractivity contribution >= 4 is 11.6 Å². The van der Waals surface area contributed by atoms with Gasteiger partial charge < -0.3 is 15.4 Å². The Bertz CT molecular complexity index is 470. The maximum atomic E-state index is 12.4. The molecule has 0 radical (unpaired) electrons. The minimum atomic E-state index is 0.236. The van der Waals surface area contributed by atoms with Crippen LogP contribution in [0, 0.1) is 5.92 Å². The molecule has 1 aromatic rings. The Hall–Kier alpha value is -1.55. The van der Waals surface area contributed by atoms with Gasteiger partial charge in [-0.05, 0) is 50.3 Å². The highest BCUT2D eigenvalue weighted by atomic mass is 16.5. The van der Waals surface area contributed by atoms with Gasteiger partial charge in [-0.1, -0.05) is 12.1 Å². The Morgan fingerprint density at radius 2 is 2.14 bits per heavy atom. The van der Waals surface area contributed by atoms with Gasteiger partial charge in [-0.2, -0.15) is 0 Å². The van der Waals surface area contributed by atoms with Crippen LogP contribution in [-0.4, -0.2) is 30.1 Å². The molecule has 0 unspecified atom stereocenters. The number of nitrogens with two attached hydrogens (primary N) is 1. The zero-order chi connectivity index (χ0) is 15.2. The highest BCUT2D eigenvalue weighted by Crippen LogP contribution is 2.33. The summed E-state index contributed by atoms with van der Waals surface area (Å²) in [4.78, 5) is 14.3. The van der Waals surface area contributed by atoms with E-state index in [1.807, 2.05) is 43.0 Å². The van der Waals surface area contributed by atoms with E-state index in [0.717, 1.165) is 37.2 Å². The summed E-state index contributed by atoms with van der Waals surface area (Å²) in [5.41, 5.74) is 7.62. The van der Waals surface area contributed by atoms with Crippen LogP contribution in [0.4, 0.5) is 5.69 Å². The summed E-state index contributed by atoms with van der Waals surface area (Å²) in [5.74, 6) is 0.726. The van der Waals surface area contributed by atoms with Gasteiger partial charge in [-0.3, -0.25) is 4.79 Å². The lowest BCUT2D eigenvalue weighted by atomic mass is 9.79. The average Bonchev–Trinajstić information content (AvgIpc) is 2.42. The number of anilines is 1. The van der Waals surface area contributed by atoms with Crippen molar-refractivity contribution in [1.29, 1.82) is 0 Å².